The third kappa shape index (κ3) is 4.74. The zero-order valence-corrected chi connectivity index (χ0v) is 13.7. The van der Waals surface area contributed by atoms with Gasteiger partial charge in [0.05, 0.1) is 0 Å². The Morgan fingerprint density at radius 2 is 1.71 bits per heavy atom. The van der Waals surface area contributed by atoms with E-state index in [0.717, 1.165) is 16.9 Å². The molecule has 0 radical (unpaired) electrons. The Morgan fingerprint density at radius 3 is 2.38 bits per heavy atom. The zero-order valence-electron chi connectivity index (χ0n) is 13.7. The fourth-order valence-corrected chi connectivity index (χ4v) is 2.15. The van der Waals surface area contributed by atoms with E-state index in [0.29, 0.717) is 5.75 Å². The molecule has 0 fully saturated rings. The van der Waals surface area contributed by atoms with Crippen molar-refractivity contribution in [3.63, 3.8) is 0 Å². The van der Waals surface area contributed by atoms with Crippen LogP contribution in [0.5, 0.6) is 11.5 Å². The van der Waals surface area contributed by atoms with Crippen LogP contribution in [0.1, 0.15) is 18.1 Å². The first-order valence-electron chi connectivity index (χ1n) is 7.62. The van der Waals surface area contributed by atoms with E-state index < -0.39 is 12.1 Å². The molecule has 126 valence electrons. The van der Waals surface area contributed by atoms with Crippen molar-refractivity contribution >= 4 is 11.9 Å². The molecule has 0 saturated carbocycles. The monoisotopic (exact) mass is 327 g/mol. The summed E-state index contributed by atoms with van der Waals surface area (Å²) in [5, 5.41) is 5.09. The first-order chi connectivity index (χ1) is 11.5. The van der Waals surface area contributed by atoms with Crippen molar-refractivity contribution in [2.45, 2.75) is 26.4 Å². The molecule has 2 aromatic rings. The summed E-state index contributed by atoms with van der Waals surface area (Å²) >= 11 is 0. The van der Waals surface area contributed by atoms with Gasteiger partial charge in [-0.15, -0.1) is 0 Å². The number of urea groups is 1. The summed E-state index contributed by atoms with van der Waals surface area (Å²) in [6.45, 7) is 3.82. The number of nitrogens with one attached hydrogen (secondary N) is 2. The molecule has 0 saturated heterocycles. The molecule has 0 aliphatic carbocycles. The molecule has 0 spiro atoms. The molecule has 0 unspecified atom stereocenters. The molecule has 24 heavy (non-hydrogen) atoms. The third-order valence-corrected chi connectivity index (χ3v) is 3.49. The van der Waals surface area contributed by atoms with Gasteiger partial charge in [-0.1, -0.05) is 36.4 Å². The van der Waals surface area contributed by atoms with E-state index in [1.807, 2.05) is 55.5 Å². The summed E-state index contributed by atoms with van der Waals surface area (Å²) in [7, 11) is 0. The van der Waals surface area contributed by atoms with E-state index in [2.05, 4.69) is 10.6 Å². The van der Waals surface area contributed by atoms with Gasteiger partial charge in [-0.05, 0) is 31.5 Å². The van der Waals surface area contributed by atoms with Gasteiger partial charge in [-0.2, -0.15) is 0 Å². The minimum Gasteiger partial charge on any atom is -0.457 e. The summed E-state index contributed by atoms with van der Waals surface area (Å²) in [5.41, 5.74) is 6.87. The molecule has 6 heteroatoms. The van der Waals surface area contributed by atoms with Crippen molar-refractivity contribution in [2.75, 3.05) is 0 Å². The molecular formula is C18H21N3O3. The maximum absolute atomic E-state index is 12.0. The normalized spacial score (nSPS) is 11.4. The van der Waals surface area contributed by atoms with Crippen molar-refractivity contribution in [2.24, 2.45) is 5.73 Å². The molecular weight excluding hydrogens is 306 g/mol. The van der Waals surface area contributed by atoms with Crippen molar-refractivity contribution in [3.05, 3.63) is 59.7 Å². The summed E-state index contributed by atoms with van der Waals surface area (Å²) in [4.78, 5) is 22.7. The maximum atomic E-state index is 12.0. The van der Waals surface area contributed by atoms with Crippen molar-refractivity contribution in [1.29, 1.82) is 0 Å². The second kappa shape index (κ2) is 8.01. The van der Waals surface area contributed by atoms with Gasteiger partial charge in [-0.3, -0.25) is 4.79 Å². The fourth-order valence-electron chi connectivity index (χ4n) is 2.15. The van der Waals surface area contributed by atoms with E-state index in [1.54, 1.807) is 6.92 Å². The number of hydrogen-bond donors (Lipinski definition) is 3. The Hall–Kier alpha value is -3.02. The number of ether oxygens (including phenoxy) is 1. The highest BCUT2D eigenvalue weighted by molar-refractivity contribution is 5.86. The van der Waals surface area contributed by atoms with Crippen LogP contribution in [-0.2, 0) is 11.3 Å². The van der Waals surface area contributed by atoms with Gasteiger partial charge in [0, 0.05) is 12.1 Å². The smallest absolute Gasteiger partial charge is 0.312 e. The van der Waals surface area contributed by atoms with E-state index >= 15 is 0 Å². The van der Waals surface area contributed by atoms with Crippen LogP contribution in [0.4, 0.5) is 4.79 Å². The summed E-state index contributed by atoms with van der Waals surface area (Å²) in [6, 6.07) is 13.7. The number of benzene rings is 2. The number of carbonyl (C=O) groups is 2. The van der Waals surface area contributed by atoms with Gasteiger partial charge in [0.15, 0.2) is 0 Å². The van der Waals surface area contributed by atoms with Crippen LogP contribution in [0, 0.1) is 6.92 Å². The average Bonchev–Trinajstić information content (AvgIpc) is 2.55. The highest BCUT2D eigenvalue weighted by atomic mass is 16.5. The molecule has 0 aliphatic heterocycles. The molecule has 6 nitrogen and oxygen atoms in total. The molecule has 2 aromatic carbocycles. The molecule has 3 amide bonds. The Kier molecular flexibility index (Phi) is 5.78. The maximum Gasteiger partial charge on any atom is 0.312 e. The predicted octanol–water partition coefficient (Wildman–Crippen LogP) is 2.46. The van der Waals surface area contributed by atoms with Crippen LogP contribution in [0.25, 0.3) is 0 Å². The minimum atomic E-state index is -0.735. The van der Waals surface area contributed by atoms with Crippen molar-refractivity contribution < 1.29 is 14.3 Å². The summed E-state index contributed by atoms with van der Waals surface area (Å²) in [6.07, 6.45) is 0. The fraction of sp³-hybridized carbons (Fsp3) is 0.222. The number of hydrogen-bond acceptors (Lipinski definition) is 3. The van der Waals surface area contributed by atoms with Crippen LogP contribution in [0.2, 0.25) is 0 Å². The number of amides is 3. The zero-order chi connectivity index (χ0) is 17.5. The minimum absolute atomic E-state index is 0.283. The number of nitrogens with two attached hydrogens (primary N) is 1. The van der Waals surface area contributed by atoms with E-state index in [-0.39, 0.29) is 12.5 Å². The molecule has 1 atom stereocenters. The lowest BCUT2D eigenvalue weighted by atomic mass is 10.2. The molecule has 0 bridgehead atoms. The average molecular weight is 327 g/mol. The first kappa shape index (κ1) is 17.3. The van der Waals surface area contributed by atoms with Gasteiger partial charge in [0.25, 0.3) is 0 Å². The number of aryl methyl sites for hydroxylation is 1. The van der Waals surface area contributed by atoms with Gasteiger partial charge < -0.3 is 21.1 Å². The summed E-state index contributed by atoms with van der Waals surface area (Å²) < 4.78 is 5.96. The Bertz CT molecular complexity index is 731. The van der Waals surface area contributed by atoms with Gasteiger partial charge >= 0.3 is 6.03 Å². The first-order valence-corrected chi connectivity index (χ1v) is 7.62. The lowest BCUT2D eigenvalue weighted by molar-refractivity contribution is -0.122. The van der Waals surface area contributed by atoms with Crippen LogP contribution in [0.3, 0.4) is 0 Å². The molecule has 4 N–H and O–H groups in total. The van der Waals surface area contributed by atoms with Crippen LogP contribution >= 0.6 is 0 Å². The topological polar surface area (TPSA) is 93.4 Å². The number of para-hydroxylation sites is 2. The molecule has 0 aromatic heterocycles. The highest BCUT2D eigenvalue weighted by Crippen LogP contribution is 2.27. The quantitative estimate of drug-likeness (QED) is 0.761. The second-order valence-electron chi connectivity index (χ2n) is 5.42. The van der Waals surface area contributed by atoms with Gasteiger partial charge in [0.1, 0.15) is 17.5 Å². The lowest BCUT2D eigenvalue weighted by Gasteiger charge is -2.15. The van der Waals surface area contributed by atoms with Crippen LogP contribution in [0.15, 0.2) is 48.5 Å². The van der Waals surface area contributed by atoms with Crippen molar-refractivity contribution in [3.8, 4) is 11.5 Å². The lowest BCUT2D eigenvalue weighted by Crippen LogP contribution is -2.46. The van der Waals surface area contributed by atoms with Gasteiger partial charge in [-0.25, -0.2) is 4.79 Å². The summed E-state index contributed by atoms with van der Waals surface area (Å²) in [5.74, 6) is 1.11. The van der Waals surface area contributed by atoms with E-state index in [9.17, 15) is 9.59 Å². The Labute approximate surface area is 141 Å². The second-order valence-corrected chi connectivity index (χ2v) is 5.42. The molecule has 0 aliphatic rings. The Balaban J connectivity index is 2.05. The standard InChI is InChI=1S/C18H21N3O3/c1-12-7-3-5-9-15(12)24-16-10-6-4-8-14(16)11-20-17(22)13(2)21-18(19)23/h3-10,13H,11H2,1-2H3,(H,20,22)(H3,19,21,23)/t13-/m1/s1. The van der Waals surface area contributed by atoms with E-state index in [4.69, 9.17) is 10.5 Å². The highest BCUT2D eigenvalue weighted by Gasteiger charge is 2.14. The number of rotatable bonds is 6. The van der Waals surface area contributed by atoms with E-state index in [1.165, 1.54) is 0 Å². The van der Waals surface area contributed by atoms with Crippen molar-refractivity contribution in [1.82, 2.24) is 10.6 Å². The molecule has 2 rings (SSSR count). The Morgan fingerprint density at radius 1 is 1.08 bits per heavy atom. The largest absolute Gasteiger partial charge is 0.457 e. The SMILES string of the molecule is Cc1ccccc1Oc1ccccc1CNC(=O)[C@@H](C)NC(N)=O. The predicted molar refractivity (Wildman–Crippen MR) is 91.7 cm³/mol. The molecule has 0 heterocycles. The van der Waals surface area contributed by atoms with Crippen LogP contribution in [-0.4, -0.2) is 18.0 Å². The van der Waals surface area contributed by atoms with Crippen LogP contribution < -0.4 is 21.1 Å². The number of carbonyl (C=O) groups excluding carboxylic acids is 2. The van der Waals surface area contributed by atoms with Gasteiger partial charge in [0.2, 0.25) is 5.91 Å². The number of primary amides is 1. The third-order valence-electron chi connectivity index (χ3n) is 3.49.